The number of carbonyl (C=O) groups is 1. The number of hydrogen-bond donors (Lipinski definition) is 1. The van der Waals surface area contributed by atoms with Crippen LogP contribution in [0.5, 0.6) is 0 Å². The van der Waals surface area contributed by atoms with Gasteiger partial charge in [0.1, 0.15) is 6.04 Å². The van der Waals surface area contributed by atoms with Crippen molar-refractivity contribution in [3.05, 3.63) is 33.3 Å². The van der Waals surface area contributed by atoms with Crippen molar-refractivity contribution in [3.8, 4) is 0 Å². The number of carbonyl (C=O) groups excluding carboxylic acids is 1. The van der Waals surface area contributed by atoms with E-state index in [0.717, 1.165) is 4.47 Å². The minimum absolute atomic E-state index is 0.493. The molecule has 2 N–H and O–H groups in total. The molecule has 1 aromatic carbocycles. The van der Waals surface area contributed by atoms with Crippen molar-refractivity contribution < 1.29 is 9.53 Å². The van der Waals surface area contributed by atoms with Crippen LogP contribution in [0.25, 0.3) is 0 Å². The highest BCUT2D eigenvalue weighted by Crippen LogP contribution is 2.26. The summed E-state index contributed by atoms with van der Waals surface area (Å²) in [6, 6.07) is 4.26. The highest BCUT2D eigenvalue weighted by atomic mass is 79.9. The van der Waals surface area contributed by atoms with Gasteiger partial charge in [-0.15, -0.1) is 0 Å². The number of esters is 1. The zero-order valence-electron chi connectivity index (χ0n) is 7.46. The third-order valence-corrected chi connectivity index (χ3v) is 2.71. The van der Waals surface area contributed by atoms with Crippen LogP contribution < -0.4 is 5.73 Å². The van der Waals surface area contributed by atoms with Crippen molar-refractivity contribution in [2.75, 3.05) is 7.11 Å². The lowest BCUT2D eigenvalue weighted by molar-refractivity contribution is -0.142. The maximum absolute atomic E-state index is 11.2. The molecule has 5 heteroatoms. The van der Waals surface area contributed by atoms with E-state index in [-0.39, 0.29) is 0 Å². The van der Waals surface area contributed by atoms with Crippen LogP contribution in [-0.2, 0) is 9.53 Å². The van der Waals surface area contributed by atoms with Gasteiger partial charge in [-0.1, -0.05) is 27.5 Å². The van der Waals surface area contributed by atoms with Crippen molar-refractivity contribution in [2.45, 2.75) is 6.04 Å². The van der Waals surface area contributed by atoms with Gasteiger partial charge >= 0.3 is 5.97 Å². The second-order valence-electron chi connectivity index (χ2n) is 2.67. The molecule has 0 saturated carbocycles. The lowest BCUT2D eigenvalue weighted by atomic mass is 10.1. The van der Waals surface area contributed by atoms with E-state index in [9.17, 15) is 4.79 Å². The monoisotopic (exact) mass is 277 g/mol. The first-order valence-corrected chi connectivity index (χ1v) is 5.01. The standard InChI is InChI=1S/C9H9BrClNO2/c1-14-9(13)8(12)6-4-5(11)2-3-7(6)10/h2-4,8H,12H2,1H3. The van der Waals surface area contributed by atoms with Crippen molar-refractivity contribution in [3.63, 3.8) is 0 Å². The number of nitrogens with two attached hydrogens (primary N) is 1. The average molecular weight is 279 g/mol. The molecule has 1 rings (SSSR count). The topological polar surface area (TPSA) is 52.3 Å². The summed E-state index contributed by atoms with van der Waals surface area (Å²) in [5.74, 6) is -0.493. The Kier molecular flexibility index (Phi) is 3.92. The molecule has 0 amide bonds. The molecule has 14 heavy (non-hydrogen) atoms. The molecule has 0 aliphatic heterocycles. The first-order valence-electron chi connectivity index (χ1n) is 3.84. The van der Waals surface area contributed by atoms with Gasteiger partial charge in [-0.3, -0.25) is 4.79 Å². The predicted molar refractivity (Wildman–Crippen MR) is 58.1 cm³/mol. The normalized spacial score (nSPS) is 12.3. The van der Waals surface area contributed by atoms with Crippen LogP contribution in [0.15, 0.2) is 22.7 Å². The summed E-state index contributed by atoms with van der Waals surface area (Å²) >= 11 is 9.06. The van der Waals surface area contributed by atoms with E-state index < -0.39 is 12.0 Å². The number of halogens is 2. The van der Waals surface area contributed by atoms with Gasteiger partial charge in [0.2, 0.25) is 0 Å². The molecular formula is C9H9BrClNO2. The number of rotatable bonds is 2. The van der Waals surface area contributed by atoms with Crippen LogP contribution in [0.4, 0.5) is 0 Å². The van der Waals surface area contributed by atoms with E-state index in [1.807, 2.05) is 0 Å². The molecule has 0 aliphatic rings. The van der Waals surface area contributed by atoms with Crippen LogP contribution in [0.3, 0.4) is 0 Å². The molecule has 0 bridgehead atoms. The van der Waals surface area contributed by atoms with Crippen LogP contribution in [0, 0.1) is 0 Å². The fourth-order valence-electron chi connectivity index (χ4n) is 1.01. The fourth-order valence-corrected chi connectivity index (χ4v) is 1.68. The summed E-state index contributed by atoms with van der Waals surface area (Å²) in [5.41, 5.74) is 6.27. The van der Waals surface area contributed by atoms with E-state index in [1.54, 1.807) is 18.2 Å². The van der Waals surface area contributed by atoms with Gasteiger partial charge in [0.25, 0.3) is 0 Å². The second-order valence-corrected chi connectivity index (χ2v) is 3.96. The van der Waals surface area contributed by atoms with Gasteiger partial charge in [0.15, 0.2) is 0 Å². The summed E-state index contributed by atoms with van der Waals surface area (Å²) in [6.45, 7) is 0. The van der Waals surface area contributed by atoms with Crippen LogP contribution in [-0.4, -0.2) is 13.1 Å². The van der Waals surface area contributed by atoms with Crippen molar-refractivity contribution in [2.24, 2.45) is 5.73 Å². The smallest absolute Gasteiger partial charge is 0.327 e. The van der Waals surface area contributed by atoms with Gasteiger partial charge in [-0.05, 0) is 23.8 Å². The maximum atomic E-state index is 11.2. The van der Waals surface area contributed by atoms with Crippen molar-refractivity contribution in [1.29, 1.82) is 0 Å². The second kappa shape index (κ2) is 4.77. The van der Waals surface area contributed by atoms with Crippen LogP contribution in [0.2, 0.25) is 5.02 Å². The first kappa shape index (κ1) is 11.5. The van der Waals surface area contributed by atoms with Gasteiger partial charge in [-0.2, -0.15) is 0 Å². The van der Waals surface area contributed by atoms with E-state index in [4.69, 9.17) is 17.3 Å². The first-order chi connectivity index (χ1) is 6.56. The highest BCUT2D eigenvalue weighted by Gasteiger charge is 2.18. The maximum Gasteiger partial charge on any atom is 0.327 e. The summed E-state index contributed by atoms with van der Waals surface area (Å²) in [6.07, 6.45) is 0. The SMILES string of the molecule is COC(=O)C(N)c1cc(Cl)ccc1Br. The molecular weight excluding hydrogens is 269 g/mol. The number of benzene rings is 1. The summed E-state index contributed by atoms with van der Waals surface area (Å²) in [5, 5.41) is 0.530. The molecule has 76 valence electrons. The van der Waals surface area contributed by atoms with Crippen molar-refractivity contribution >= 4 is 33.5 Å². The van der Waals surface area contributed by atoms with Crippen LogP contribution >= 0.6 is 27.5 Å². The Hall–Kier alpha value is -0.580. The molecule has 0 spiro atoms. The molecule has 1 aromatic rings. The largest absolute Gasteiger partial charge is 0.468 e. The molecule has 3 nitrogen and oxygen atoms in total. The molecule has 0 fully saturated rings. The minimum atomic E-state index is -0.812. The Morgan fingerprint density at radius 1 is 1.64 bits per heavy atom. The molecule has 0 heterocycles. The van der Waals surface area contributed by atoms with Crippen LogP contribution in [0.1, 0.15) is 11.6 Å². The molecule has 1 atom stereocenters. The van der Waals surface area contributed by atoms with E-state index in [2.05, 4.69) is 20.7 Å². The average Bonchev–Trinajstić information content (AvgIpc) is 2.19. The summed E-state index contributed by atoms with van der Waals surface area (Å²) in [7, 11) is 1.29. The van der Waals surface area contributed by atoms with Gasteiger partial charge in [0.05, 0.1) is 7.11 Å². The third-order valence-electron chi connectivity index (χ3n) is 1.75. The zero-order chi connectivity index (χ0) is 10.7. The number of ether oxygens (including phenoxy) is 1. The Bertz CT molecular complexity index is 357. The van der Waals surface area contributed by atoms with Gasteiger partial charge in [0, 0.05) is 9.50 Å². The third kappa shape index (κ3) is 2.47. The van der Waals surface area contributed by atoms with E-state index in [1.165, 1.54) is 7.11 Å². The number of hydrogen-bond acceptors (Lipinski definition) is 3. The molecule has 0 aromatic heterocycles. The van der Waals surface area contributed by atoms with E-state index in [0.29, 0.717) is 10.6 Å². The van der Waals surface area contributed by atoms with Crippen molar-refractivity contribution in [1.82, 2.24) is 0 Å². The zero-order valence-corrected chi connectivity index (χ0v) is 9.80. The predicted octanol–water partition coefficient (Wildman–Crippen LogP) is 2.28. The lowest BCUT2D eigenvalue weighted by Gasteiger charge is -2.11. The Morgan fingerprint density at radius 2 is 2.29 bits per heavy atom. The molecule has 1 unspecified atom stereocenters. The molecule has 0 radical (unpaired) electrons. The minimum Gasteiger partial charge on any atom is -0.468 e. The Morgan fingerprint density at radius 3 is 2.86 bits per heavy atom. The lowest BCUT2D eigenvalue weighted by Crippen LogP contribution is -2.22. The quantitative estimate of drug-likeness (QED) is 0.844. The summed E-state index contributed by atoms with van der Waals surface area (Å²) in [4.78, 5) is 11.2. The van der Waals surface area contributed by atoms with Gasteiger partial charge < -0.3 is 10.5 Å². The fraction of sp³-hybridized carbons (Fsp3) is 0.222. The highest BCUT2D eigenvalue weighted by molar-refractivity contribution is 9.10. The molecule has 0 aliphatic carbocycles. The summed E-state index contributed by atoms with van der Waals surface area (Å²) < 4.78 is 5.27. The number of methoxy groups -OCH3 is 1. The van der Waals surface area contributed by atoms with E-state index >= 15 is 0 Å². The Balaban J connectivity index is 3.05. The van der Waals surface area contributed by atoms with Gasteiger partial charge in [-0.25, -0.2) is 0 Å². The Labute approximate surface area is 95.3 Å². The molecule has 0 saturated heterocycles.